The maximum Gasteiger partial charge on any atom is 0.321 e. The van der Waals surface area contributed by atoms with E-state index in [0.29, 0.717) is 18.5 Å². The van der Waals surface area contributed by atoms with Gasteiger partial charge in [0.2, 0.25) is 0 Å². The number of nitrogens with zero attached hydrogens (tertiary/aromatic N) is 3. The lowest BCUT2D eigenvalue weighted by Crippen LogP contribution is -2.48. The fourth-order valence-electron chi connectivity index (χ4n) is 4.67. The molecule has 8 nitrogen and oxygen atoms in total. The number of aryl methyl sites for hydroxylation is 1. The summed E-state index contributed by atoms with van der Waals surface area (Å²) in [5.41, 5.74) is 13.6. The van der Waals surface area contributed by atoms with Crippen molar-refractivity contribution in [3.63, 3.8) is 0 Å². The van der Waals surface area contributed by atoms with Crippen molar-refractivity contribution in [3.05, 3.63) is 58.6 Å². The summed E-state index contributed by atoms with van der Waals surface area (Å²) >= 11 is 1.50. The number of para-hydroxylation sites is 1. The van der Waals surface area contributed by atoms with Crippen LogP contribution >= 0.6 is 11.3 Å². The summed E-state index contributed by atoms with van der Waals surface area (Å²) < 4.78 is 0. The van der Waals surface area contributed by atoms with Gasteiger partial charge in [-0.25, -0.2) is 9.78 Å². The van der Waals surface area contributed by atoms with Crippen LogP contribution in [0.15, 0.2) is 42.5 Å². The molecule has 5 rings (SSSR count). The number of piperazine rings is 1. The summed E-state index contributed by atoms with van der Waals surface area (Å²) in [5, 5.41) is 4.02. The van der Waals surface area contributed by atoms with Gasteiger partial charge in [-0.2, -0.15) is 0 Å². The number of nitrogens with one attached hydrogen (secondary N) is 1. The Labute approximate surface area is 236 Å². The second-order valence-electron chi connectivity index (χ2n) is 11.2. The average molecular weight is 553 g/mol. The zero-order chi connectivity index (χ0) is 28.4. The Morgan fingerprint density at radius 3 is 2.36 bits per heavy atom. The molecular weight excluding hydrogens is 508 g/mol. The normalized spacial score (nSPS) is 17.3. The Hall–Kier alpha value is -2.85. The van der Waals surface area contributed by atoms with Crippen molar-refractivity contribution in [3.8, 4) is 0 Å². The van der Waals surface area contributed by atoms with Crippen molar-refractivity contribution < 1.29 is 9.59 Å². The highest BCUT2D eigenvalue weighted by Crippen LogP contribution is 2.38. The zero-order valence-corrected chi connectivity index (χ0v) is 24.6. The number of amides is 2. The molecule has 2 aliphatic rings. The third kappa shape index (κ3) is 9.10. The molecule has 9 heteroatoms. The molecule has 1 aromatic carbocycles. The Morgan fingerprint density at radius 1 is 1.10 bits per heavy atom. The van der Waals surface area contributed by atoms with Crippen molar-refractivity contribution >= 4 is 39.6 Å². The predicted molar refractivity (Wildman–Crippen MR) is 163 cm³/mol. The molecule has 1 aliphatic carbocycles. The molecule has 2 aromatic heterocycles. The third-order valence-corrected chi connectivity index (χ3v) is 8.19. The van der Waals surface area contributed by atoms with Crippen LogP contribution in [-0.4, -0.2) is 73.4 Å². The van der Waals surface area contributed by atoms with E-state index in [2.05, 4.69) is 44.1 Å². The number of carbonyl (C=O) groups is 2. The maximum absolute atomic E-state index is 11.9. The van der Waals surface area contributed by atoms with Crippen LogP contribution < -0.4 is 16.8 Å². The molecule has 0 radical (unpaired) electrons. The quantitative estimate of drug-likeness (QED) is 0.408. The van der Waals surface area contributed by atoms with Gasteiger partial charge in [0.25, 0.3) is 0 Å². The number of urea groups is 1. The average Bonchev–Trinajstić information content (AvgIpc) is 3.34. The van der Waals surface area contributed by atoms with Crippen molar-refractivity contribution in [1.82, 2.24) is 14.8 Å². The molecule has 1 aliphatic heterocycles. The van der Waals surface area contributed by atoms with Gasteiger partial charge in [-0.15, -0.1) is 11.3 Å². The molecule has 1 saturated heterocycles. The van der Waals surface area contributed by atoms with Crippen molar-refractivity contribution in [2.75, 3.05) is 51.6 Å². The summed E-state index contributed by atoms with van der Waals surface area (Å²) in [6, 6.07) is 13.8. The largest absolute Gasteiger partial charge is 0.329 e. The van der Waals surface area contributed by atoms with Gasteiger partial charge in [-0.05, 0) is 67.5 Å². The molecule has 212 valence electrons. The number of carbonyl (C=O) groups excluding carboxylic acids is 2. The van der Waals surface area contributed by atoms with Gasteiger partial charge >= 0.3 is 6.03 Å². The summed E-state index contributed by atoms with van der Waals surface area (Å²) in [7, 11) is 2.08. The van der Waals surface area contributed by atoms with Gasteiger partial charge in [0.1, 0.15) is 4.83 Å². The van der Waals surface area contributed by atoms with E-state index in [4.69, 9.17) is 16.5 Å². The van der Waals surface area contributed by atoms with Crippen LogP contribution in [0.3, 0.4) is 0 Å². The molecule has 0 saturated carbocycles. The Morgan fingerprint density at radius 2 is 1.77 bits per heavy atom. The Balaban J connectivity index is 0.000000192. The van der Waals surface area contributed by atoms with Crippen LogP contribution in [0.2, 0.25) is 0 Å². The monoisotopic (exact) mass is 552 g/mol. The molecule has 3 heterocycles. The summed E-state index contributed by atoms with van der Waals surface area (Å²) in [5.74, 6) is 0.725. The van der Waals surface area contributed by atoms with Gasteiger partial charge in [0, 0.05) is 56.0 Å². The minimum Gasteiger partial charge on any atom is -0.329 e. The molecule has 3 aromatic rings. The number of pyridine rings is 1. The smallest absolute Gasteiger partial charge is 0.321 e. The molecule has 0 bridgehead atoms. The molecular formula is C30H44N6O2S. The topological polar surface area (TPSA) is 118 Å². The molecule has 1 unspecified atom stereocenters. The van der Waals surface area contributed by atoms with Gasteiger partial charge < -0.3 is 26.6 Å². The van der Waals surface area contributed by atoms with E-state index in [1.54, 1.807) is 0 Å². The minimum absolute atomic E-state index is 0.000648. The Bertz CT molecular complexity index is 1200. The first-order chi connectivity index (χ1) is 18.6. The lowest BCUT2D eigenvalue weighted by Gasteiger charge is -2.34. The van der Waals surface area contributed by atoms with Gasteiger partial charge in [-0.3, -0.25) is 4.79 Å². The van der Waals surface area contributed by atoms with Gasteiger partial charge in [0.15, 0.2) is 6.29 Å². The maximum atomic E-state index is 11.9. The number of hydrogen-bond acceptors (Lipinski definition) is 7. The molecule has 39 heavy (non-hydrogen) atoms. The van der Waals surface area contributed by atoms with Gasteiger partial charge in [0.05, 0.1) is 4.88 Å². The Kier molecular flexibility index (Phi) is 11.4. The minimum atomic E-state index is -0.000648. The first-order valence-corrected chi connectivity index (χ1v) is 14.5. The first-order valence-electron chi connectivity index (χ1n) is 13.7. The van der Waals surface area contributed by atoms with Crippen LogP contribution in [-0.2, 0) is 12.8 Å². The van der Waals surface area contributed by atoms with E-state index < -0.39 is 0 Å². The fourth-order valence-corrected chi connectivity index (χ4v) is 5.52. The number of rotatable bonds is 3. The van der Waals surface area contributed by atoms with Crippen LogP contribution in [0, 0.1) is 11.3 Å². The standard InChI is InChI=1S/C16H19NOS.C12H17N3O.C2H8N2/c1-16(2,3)12-4-5-14-10(7-12)6-11-8-13(9-18)19-15(11)17-14;1-14-7-9-15(10-8-14)12(16)13-11-5-3-2-4-6-11;3-1-2-4/h6,8-9,12H,4-5,7H2,1-3H3;2-6H,7-10H2,1H3,(H,13,16);1-4H2. The molecule has 1 fully saturated rings. The van der Waals surface area contributed by atoms with E-state index >= 15 is 0 Å². The summed E-state index contributed by atoms with van der Waals surface area (Å²) in [6.45, 7) is 11.7. The van der Waals surface area contributed by atoms with Crippen molar-refractivity contribution in [2.45, 2.75) is 40.0 Å². The van der Waals surface area contributed by atoms with E-state index in [0.717, 1.165) is 72.0 Å². The summed E-state index contributed by atoms with van der Waals surface area (Å²) in [4.78, 5) is 33.4. The van der Waals surface area contributed by atoms with E-state index in [1.807, 2.05) is 41.3 Å². The number of nitrogens with two attached hydrogens (primary N) is 2. The lowest BCUT2D eigenvalue weighted by atomic mass is 9.71. The van der Waals surface area contributed by atoms with Crippen LogP contribution in [0.4, 0.5) is 10.5 Å². The highest BCUT2D eigenvalue weighted by molar-refractivity contribution is 7.20. The number of hydrogen-bond donors (Lipinski definition) is 3. The lowest BCUT2D eigenvalue weighted by molar-refractivity contribution is 0.112. The van der Waals surface area contributed by atoms with Crippen LogP contribution in [0.1, 0.15) is 48.1 Å². The highest BCUT2D eigenvalue weighted by atomic mass is 32.1. The van der Waals surface area contributed by atoms with E-state index in [9.17, 15) is 9.59 Å². The molecule has 5 N–H and O–H groups in total. The molecule has 0 spiro atoms. The number of likely N-dealkylation sites (N-methyl/N-ethyl adjacent to an activating group) is 1. The third-order valence-electron chi connectivity index (χ3n) is 7.22. The van der Waals surface area contributed by atoms with Crippen molar-refractivity contribution in [2.24, 2.45) is 22.8 Å². The van der Waals surface area contributed by atoms with Crippen LogP contribution in [0.25, 0.3) is 10.2 Å². The second kappa shape index (κ2) is 14.5. The van der Waals surface area contributed by atoms with Crippen LogP contribution in [0.5, 0.6) is 0 Å². The number of thiophene rings is 1. The van der Waals surface area contributed by atoms with E-state index in [-0.39, 0.29) is 6.03 Å². The van der Waals surface area contributed by atoms with Gasteiger partial charge in [-0.1, -0.05) is 39.0 Å². The number of aldehydes is 1. The molecule has 1 atom stereocenters. The summed E-state index contributed by atoms with van der Waals surface area (Å²) in [6.07, 6.45) is 4.33. The number of benzene rings is 1. The fraction of sp³-hybridized carbons (Fsp3) is 0.500. The highest BCUT2D eigenvalue weighted by Gasteiger charge is 2.29. The number of aromatic nitrogens is 1. The number of anilines is 1. The molecule has 2 amide bonds. The first kappa shape index (κ1) is 30.7. The van der Waals surface area contributed by atoms with Crippen molar-refractivity contribution in [1.29, 1.82) is 0 Å². The van der Waals surface area contributed by atoms with E-state index in [1.165, 1.54) is 29.0 Å². The second-order valence-corrected chi connectivity index (χ2v) is 12.3. The SMILES string of the molecule is CC(C)(C)C1CCc2nc3sc(C=O)cc3cc2C1.CN1CCN(C(=O)Nc2ccccc2)CC1.NCCN. The predicted octanol–water partition coefficient (Wildman–Crippen LogP) is 4.63. The zero-order valence-electron chi connectivity index (χ0n) is 23.8. The number of fused-ring (bicyclic) bond motifs is 2.